The van der Waals surface area contributed by atoms with Crippen LogP contribution in [0.4, 0.5) is 5.69 Å². The molecular formula is C26H19N3O2. The van der Waals surface area contributed by atoms with E-state index in [1.807, 2.05) is 66.7 Å². The van der Waals surface area contributed by atoms with E-state index < -0.39 is 0 Å². The highest BCUT2D eigenvalue weighted by molar-refractivity contribution is 6.35. The topological polar surface area (TPSA) is 71.1 Å². The second-order valence-electron chi connectivity index (χ2n) is 7.36. The minimum Gasteiger partial charge on any atom is -0.348 e. The molecule has 0 unspecified atom stereocenters. The van der Waals surface area contributed by atoms with Gasteiger partial charge in [-0.25, -0.2) is 0 Å². The summed E-state index contributed by atoms with van der Waals surface area (Å²) in [4.78, 5) is 29.7. The lowest BCUT2D eigenvalue weighted by molar-refractivity contribution is -0.110. The third-order valence-electron chi connectivity index (χ3n) is 5.34. The second-order valence-corrected chi connectivity index (χ2v) is 7.36. The molecule has 0 aliphatic carbocycles. The smallest absolute Gasteiger partial charge is 0.256 e. The van der Waals surface area contributed by atoms with Crippen molar-refractivity contribution in [1.29, 1.82) is 0 Å². The normalized spacial score (nSPS) is 13.8. The molecule has 0 saturated carbocycles. The maximum Gasteiger partial charge on any atom is 0.256 e. The van der Waals surface area contributed by atoms with Crippen LogP contribution in [0.1, 0.15) is 27.0 Å². The van der Waals surface area contributed by atoms with Crippen LogP contribution >= 0.6 is 0 Å². The molecule has 1 aliphatic rings. The lowest BCUT2D eigenvalue weighted by atomic mass is 10.00. The van der Waals surface area contributed by atoms with Gasteiger partial charge in [-0.05, 0) is 47.5 Å². The van der Waals surface area contributed by atoms with Crippen LogP contribution in [0.5, 0.6) is 0 Å². The van der Waals surface area contributed by atoms with Gasteiger partial charge in [0, 0.05) is 40.5 Å². The number of nitrogens with zero attached hydrogens (tertiary/aromatic N) is 1. The van der Waals surface area contributed by atoms with Crippen LogP contribution in [0.2, 0.25) is 0 Å². The highest BCUT2D eigenvalue weighted by Gasteiger charge is 2.25. The molecule has 0 spiro atoms. The SMILES string of the molecule is O=C1Nc2ccc(C(=O)NCc3ccccc3)cc2C1=Cc1ccnc2ccccc12. The zero-order chi connectivity index (χ0) is 21.2. The van der Waals surface area contributed by atoms with Crippen molar-refractivity contribution >= 4 is 40.1 Å². The van der Waals surface area contributed by atoms with Crippen molar-refractivity contribution in [2.45, 2.75) is 6.54 Å². The van der Waals surface area contributed by atoms with Gasteiger partial charge in [0.15, 0.2) is 0 Å². The molecule has 2 amide bonds. The minimum absolute atomic E-state index is 0.181. The van der Waals surface area contributed by atoms with E-state index in [2.05, 4.69) is 15.6 Å². The summed E-state index contributed by atoms with van der Waals surface area (Å²) in [6.07, 6.45) is 3.59. The Morgan fingerprint density at radius 3 is 2.65 bits per heavy atom. The van der Waals surface area contributed by atoms with Gasteiger partial charge < -0.3 is 10.6 Å². The summed E-state index contributed by atoms with van der Waals surface area (Å²) in [7, 11) is 0. The largest absolute Gasteiger partial charge is 0.348 e. The molecule has 5 nitrogen and oxygen atoms in total. The number of carbonyl (C=O) groups excluding carboxylic acids is 2. The van der Waals surface area contributed by atoms with Gasteiger partial charge in [0.1, 0.15) is 0 Å². The van der Waals surface area contributed by atoms with E-state index in [1.54, 1.807) is 24.4 Å². The monoisotopic (exact) mass is 405 g/mol. The molecule has 5 rings (SSSR count). The molecule has 0 bridgehead atoms. The molecule has 0 saturated heterocycles. The predicted octanol–water partition coefficient (Wildman–Crippen LogP) is 4.66. The quantitative estimate of drug-likeness (QED) is 0.485. The van der Waals surface area contributed by atoms with Crippen molar-refractivity contribution in [3.05, 3.63) is 107 Å². The zero-order valence-corrected chi connectivity index (χ0v) is 16.6. The van der Waals surface area contributed by atoms with Gasteiger partial charge in [-0.15, -0.1) is 0 Å². The fourth-order valence-electron chi connectivity index (χ4n) is 3.75. The van der Waals surface area contributed by atoms with Crippen molar-refractivity contribution in [1.82, 2.24) is 10.3 Å². The van der Waals surface area contributed by atoms with E-state index in [4.69, 9.17) is 0 Å². The highest BCUT2D eigenvalue weighted by atomic mass is 16.2. The first-order valence-corrected chi connectivity index (χ1v) is 10.0. The van der Waals surface area contributed by atoms with E-state index in [-0.39, 0.29) is 11.8 Å². The van der Waals surface area contributed by atoms with Gasteiger partial charge in [-0.2, -0.15) is 0 Å². The summed E-state index contributed by atoms with van der Waals surface area (Å²) < 4.78 is 0. The van der Waals surface area contributed by atoms with Crippen LogP contribution in [0.3, 0.4) is 0 Å². The Morgan fingerprint density at radius 2 is 1.77 bits per heavy atom. The van der Waals surface area contributed by atoms with Crippen LogP contribution in [0, 0.1) is 0 Å². The molecule has 0 fully saturated rings. The maximum atomic E-state index is 12.7. The van der Waals surface area contributed by atoms with Gasteiger partial charge in [0.2, 0.25) is 0 Å². The Hall–Kier alpha value is -4.25. The number of fused-ring (bicyclic) bond motifs is 2. The molecule has 0 atom stereocenters. The summed E-state index contributed by atoms with van der Waals surface area (Å²) in [5, 5.41) is 6.79. The van der Waals surface area contributed by atoms with E-state index in [1.165, 1.54) is 0 Å². The van der Waals surface area contributed by atoms with Gasteiger partial charge in [-0.1, -0.05) is 48.5 Å². The van der Waals surface area contributed by atoms with Crippen LogP contribution in [0.25, 0.3) is 22.6 Å². The van der Waals surface area contributed by atoms with Gasteiger partial charge in [-0.3, -0.25) is 14.6 Å². The first-order valence-electron chi connectivity index (χ1n) is 10.0. The Labute approximate surface area is 179 Å². The Morgan fingerprint density at radius 1 is 0.968 bits per heavy atom. The average molecular weight is 405 g/mol. The number of rotatable bonds is 4. The number of hydrogen-bond donors (Lipinski definition) is 2. The summed E-state index contributed by atoms with van der Waals surface area (Å²) in [6, 6.07) is 24.7. The Kier molecular flexibility index (Phi) is 4.77. The lowest BCUT2D eigenvalue weighted by Crippen LogP contribution is -2.22. The maximum absolute atomic E-state index is 12.7. The first-order chi connectivity index (χ1) is 15.2. The molecule has 31 heavy (non-hydrogen) atoms. The van der Waals surface area contributed by atoms with E-state index in [9.17, 15) is 9.59 Å². The van der Waals surface area contributed by atoms with Gasteiger partial charge in [0.05, 0.1) is 5.52 Å². The molecule has 2 N–H and O–H groups in total. The molecule has 2 heterocycles. The lowest BCUT2D eigenvalue weighted by Gasteiger charge is -2.07. The van der Waals surface area contributed by atoms with E-state index in [0.29, 0.717) is 23.4 Å². The standard InChI is InChI=1S/C26H19N3O2/c30-25(28-16-17-6-2-1-3-7-17)19-10-11-24-21(15-19)22(26(31)29-24)14-18-12-13-27-23-9-5-4-8-20(18)23/h1-15H,16H2,(H,28,30)(H,29,31). The van der Waals surface area contributed by atoms with Crippen LogP contribution in [-0.4, -0.2) is 16.8 Å². The number of nitrogens with one attached hydrogen (secondary N) is 2. The van der Waals surface area contributed by atoms with Crippen molar-refractivity contribution in [3.63, 3.8) is 0 Å². The zero-order valence-electron chi connectivity index (χ0n) is 16.6. The molecule has 1 aliphatic heterocycles. The van der Waals surface area contributed by atoms with Crippen molar-refractivity contribution in [2.24, 2.45) is 0 Å². The number of aromatic nitrogens is 1. The number of pyridine rings is 1. The van der Waals surface area contributed by atoms with Crippen molar-refractivity contribution in [3.8, 4) is 0 Å². The Bertz CT molecular complexity index is 1340. The number of anilines is 1. The summed E-state index contributed by atoms with van der Waals surface area (Å²) in [5.41, 5.74) is 5.26. The van der Waals surface area contributed by atoms with Gasteiger partial charge in [0.25, 0.3) is 11.8 Å². The van der Waals surface area contributed by atoms with E-state index in [0.717, 1.165) is 27.6 Å². The summed E-state index contributed by atoms with van der Waals surface area (Å²) >= 11 is 0. The van der Waals surface area contributed by atoms with Crippen LogP contribution in [-0.2, 0) is 11.3 Å². The number of benzene rings is 3. The number of para-hydroxylation sites is 1. The average Bonchev–Trinajstić information content (AvgIpc) is 3.12. The second kappa shape index (κ2) is 7.88. The third-order valence-corrected chi connectivity index (χ3v) is 5.34. The fourth-order valence-corrected chi connectivity index (χ4v) is 3.75. The van der Waals surface area contributed by atoms with Crippen molar-refractivity contribution < 1.29 is 9.59 Å². The fraction of sp³-hybridized carbons (Fsp3) is 0.0385. The molecule has 5 heteroatoms. The molecule has 4 aromatic rings. The molecule has 0 radical (unpaired) electrons. The van der Waals surface area contributed by atoms with Crippen LogP contribution in [0.15, 0.2) is 85.1 Å². The van der Waals surface area contributed by atoms with Crippen molar-refractivity contribution in [2.75, 3.05) is 5.32 Å². The minimum atomic E-state index is -0.183. The summed E-state index contributed by atoms with van der Waals surface area (Å²) in [6.45, 7) is 0.444. The number of amides is 2. The molecular weight excluding hydrogens is 386 g/mol. The number of carbonyl (C=O) groups is 2. The third kappa shape index (κ3) is 3.69. The Balaban J connectivity index is 1.47. The predicted molar refractivity (Wildman–Crippen MR) is 122 cm³/mol. The molecule has 150 valence electrons. The van der Waals surface area contributed by atoms with E-state index >= 15 is 0 Å². The number of hydrogen-bond acceptors (Lipinski definition) is 3. The summed E-state index contributed by atoms with van der Waals surface area (Å²) in [5.74, 6) is -0.363. The van der Waals surface area contributed by atoms with Crippen LogP contribution < -0.4 is 10.6 Å². The molecule has 3 aromatic carbocycles. The first kappa shape index (κ1) is 18.8. The van der Waals surface area contributed by atoms with Gasteiger partial charge >= 0.3 is 0 Å². The highest BCUT2D eigenvalue weighted by Crippen LogP contribution is 2.34. The molecule has 1 aromatic heterocycles.